The Hall–Kier alpha value is -1.72. The van der Waals surface area contributed by atoms with Crippen molar-refractivity contribution in [3.63, 3.8) is 0 Å². The number of piperidine rings is 1. The van der Waals surface area contributed by atoms with E-state index in [1.54, 1.807) is 0 Å². The van der Waals surface area contributed by atoms with Crippen LogP contribution in [-0.2, 0) is 0 Å². The Morgan fingerprint density at radius 2 is 1.96 bits per heavy atom. The van der Waals surface area contributed by atoms with E-state index in [1.807, 2.05) is 38.1 Å². The van der Waals surface area contributed by atoms with E-state index >= 15 is 0 Å². The van der Waals surface area contributed by atoms with Crippen LogP contribution < -0.4 is 4.74 Å². The van der Waals surface area contributed by atoms with E-state index in [0.717, 1.165) is 55.6 Å². The maximum atomic E-state index is 9.97. The van der Waals surface area contributed by atoms with Crippen molar-refractivity contribution < 1.29 is 9.84 Å². The fourth-order valence-corrected chi connectivity index (χ4v) is 2.98. The normalized spacial score (nSPS) is 18.2. The molecule has 0 amide bonds. The molecule has 1 fully saturated rings. The summed E-state index contributed by atoms with van der Waals surface area (Å²) in [6, 6.07) is 7.94. The van der Waals surface area contributed by atoms with Crippen LogP contribution in [0.3, 0.4) is 0 Å². The van der Waals surface area contributed by atoms with Gasteiger partial charge in [0, 0.05) is 19.6 Å². The lowest BCUT2D eigenvalue weighted by Gasteiger charge is -2.35. The number of aryl methyl sites for hydroxylation is 1. The van der Waals surface area contributed by atoms with Crippen LogP contribution in [-0.4, -0.2) is 51.8 Å². The van der Waals surface area contributed by atoms with Crippen molar-refractivity contribution in [1.29, 1.82) is 0 Å². The standard InChI is InChI=1S/C18H25N3O2/c1-14-19-16-7-4-3-6-15(16)17(20-14)23-13-5-10-21-11-8-18(2,22)9-12-21/h3-4,6-7,22H,5,8-13H2,1-2H3. The summed E-state index contributed by atoms with van der Waals surface area (Å²) in [4.78, 5) is 11.2. The molecule has 2 aromatic rings. The van der Waals surface area contributed by atoms with E-state index in [2.05, 4.69) is 14.9 Å². The number of nitrogens with zero attached hydrogens (tertiary/aromatic N) is 3. The SMILES string of the molecule is Cc1nc(OCCCN2CCC(C)(O)CC2)c2ccccc2n1. The van der Waals surface area contributed by atoms with E-state index in [4.69, 9.17) is 4.74 Å². The number of ether oxygens (including phenoxy) is 1. The number of fused-ring (bicyclic) bond motifs is 1. The van der Waals surface area contributed by atoms with Gasteiger partial charge in [-0.1, -0.05) is 12.1 Å². The lowest BCUT2D eigenvalue weighted by Crippen LogP contribution is -2.42. The Morgan fingerprint density at radius 1 is 1.22 bits per heavy atom. The van der Waals surface area contributed by atoms with Gasteiger partial charge < -0.3 is 14.7 Å². The van der Waals surface area contributed by atoms with E-state index in [0.29, 0.717) is 12.5 Å². The largest absolute Gasteiger partial charge is 0.477 e. The molecule has 3 rings (SSSR count). The van der Waals surface area contributed by atoms with Gasteiger partial charge in [-0.05, 0) is 45.2 Å². The zero-order valence-electron chi connectivity index (χ0n) is 14.0. The highest BCUT2D eigenvalue weighted by molar-refractivity contribution is 5.83. The van der Waals surface area contributed by atoms with Gasteiger partial charge in [-0.2, -0.15) is 4.98 Å². The highest BCUT2D eigenvalue weighted by Crippen LogP contribution is 2.23. The Morgan fingerprint density at radius 3 is 2.74 bits per heavy atom. The Kier molecular flexibility index (Phi) is 4.78. The topological polar surface area (TPSA) is 58.5 Å². The number of aromatic nitrogens is 2. The van der Waals surface area contributed by atoms with Gasteiger partial charge in [0.2, 0.25) is 5.88 Å². The number of benzene rings is 1. The third kappa shape index (κ3) is 4.18. The molecule has 2 heterocycles. The minimum absolute atomic E-state index is 0.482. The third-order valence-corrected chi connectivity index (χ3v) is 4.47. The van der Waals surface area contributed by atoms with Gasteiger partial charge in [-0.25, -0.2) is 4.98 Å². The van der Waals surface area contributed by atoms with Crippen molar-refractivity contribution in [1.82, 2.24) is 14.9 Å². The van der Waals surface area contributed by atoms with Crippen molar-refractivity contribution >= 4 is 10.9 Å². The highest BCUT2D eigenvalue weighted by Gasteiger charge is 2.26. The molecule has 5 nitrogen and oxygen atoms in total. The maximum Gasteiger partial charge on any atom is 0.224 e. The number of para-hydroxylation sites is 1. The zero-order chi connectivity index (χ0) is 16.3. The number of likely N-dealkylation sites (tertiary alicyclic amines) is 1. The van der Waals surface area contributed by atoms with E-state index in [9.17, 15) is 5.11 Å². The first-order valence-corrected chi connectivity index (χ1v) is 8.34. The summed E-state index contributed by atoms with van der Waals surface area (Å²) in [5.41, 5.74) is 0.443. The quantitative estimate of drug-likeness (QED) is 0.859. The highest BCUT2D eigenvalue weighted by atomic mass is 16.5. The molecule has 1 saturated heterocycles. The molecule has 0 unspecified atom stereocenters. The summed E-state index contributed by atoms with van der Waals surface area (Å²) < 4.78 is 5.90. The molecule has 0 spiro atoms. The summed E-state index contributed by atoms with van der Waals surface area (Å²) in [5.74, 6) is 1.41. The van der Waals surface area contributed by atoms with Gasteiger partial charge >= 0.3 is 0 Å². The Labute approximate surface area is 137 Å². The predicted molar refractivity (Wildman–Crippen MR) is 90.7 cm³/mol. The van der Waals surface area contributed by atoms with Crippen molar-refractivity contribution in [2.75, 3.05) is 26.2 Å². The summed E-state index contributed by atoms with van der Waals surface area (Å²) in [5, 5.41) is 10.9. The summed E-state index contributed by atoms with van der Waals surface area (Å²) in [6.07, 6.45) is 2.66. The molecule has 124 valence electrons. The first kappa shape index (κ1) is 16.1. The van der Waals surface area contributed by atoms with Crippen LogP contribution in [0.15, 0.2) is 24.3 Å². The molecule has 1 aliphatic rings. The molecule has 1 aliphatic heterocycles. The number of rotatable bonds is 5. The van der Waals surface area contributed by atoms with Crippen molar-refractivity contribution in [2.45, 2.75) is 38.7 Å². The summed E-state index contributed by atoms with van der Waals surface area (Å²) in [7, 11) is 0. The van der Waals surface area contributed by atoms with Crippen LogP contribution in [0.1, 0.15) is 32.0 Å². The summed E-state index contributed by atoms with van der Waals surface area (Å²) >= 11 is 0. The van der Waals surface area contributed by atoms with Crippen LogP contribution >= 0.6 is 0 Å². The molecule has 0 atom stereocenters. The average molecular weight is 315 g/mol. The van der Waals surface area contributed by atoms with Gasteiger partial charge in [0.1, 0.15) is 5.82 Å². The third-order valence-electron chi connectivity index (χ3n) is 4.47. The fraction of sp³-hybridized carbons (Fsp3) is 0.556. The smallest absolute Gasteiger partial charge is 0.224 e. The van der Waals surface area contributed by atoms with Gasteiger partial charge in [0.05, 0.1) is 23.1 Å². The lowest BCUT2D eigenvalue weighted by molar-refractivity contribution is -0.00604. The van der Waals surface area contributed by atoms with Crippen LogP contribution in [0.25, 0.3) is 10.9 Å². The van der Waals surface area contributed by atoms with E-state index < -0.39 is 5.60 Å². The molecule has 1 N–H and O–H groups in total. The zero-order valence-corrected chi connectivity index (χ0v) is 14.0. The van der Waals surface area contributed by atoms with Crippen molar-refractivity contribution in [3.05, 3.63) is 30.1 Å². The first-order chi connectivity index (χ1) is 11.0. The van der Waals surface area contributed by atoms with Gasteiger partial charge in [0.15, 0.2) is 0 Å². The van der Waals surface area contributed by atoms with Gasteiger partial charge in [0.25, 0.3) is 0 Å². The second-order valence-corrected chi connectivity index (χ2v) is 6.63. The molecule has 23 heavy (non-hydrogen) atoms. The molecule has 0 aliphatic carbocycles. The van der Waals surface area contributed by atoms with Gasteiger partial charge in [-0.15, -0.1) is 0 Å². The molecule has 1 aromatic heterocycles. The average Bonchev–Trinajstić information content (AvgIpc) is 2.52. The van der Waals surface area contributed by atoms with E-state index in [1.165, 1.54) is 0 Å². The lowest BCUT2D eigenvalue weighted by atomic mass is 9.94. The summed E-state index contributed by atoms with van der Waals surface area (Å²) in [6.45, 7) is 7.38. The monoisotopic (exact) mass is 315 g/mol. The van der Waals surface area contributed by atoms with Crippen LogP contribution in [0.5, 0.6) is 5.88 Å². The van der Waals surface area contributed by atoms with E-state index in [-0.39, 0.29) is 0 Å². The predicted octanol–water partition coefficient (Wildman–Crippen LogP) is 2.55. The molecule has 0 bridgehead atoms. The van der Waals surface area contributed by atoms with Crippen LogP contribution in [0.2, 0.25) is 0 Å². The number of aliphatic hydroxyl groups is 1. The van der Waals surface area contributed by atoms with Crippen molar-refractivity contribution in [3.8, 4) is 5.88 Å². The van der Waals surface area contributed by atoms with Crippen molar-refractivity contribution in [2.24, 2.45) is 0 Å². The molecular weight excluding hydrogens is 290 g/mol. The first-order valence-electron chi connectivity index (χ1n) is 8.34. The van der Waals surface area contributed by atoms with Gasteiger partial charge in [-0.3, -0.25) is 0 Å². The fourth-order valence-electron chi connectivity index (χ4n) is 2.98. The van der Waals surface area contributed by atoms with Crippen LogP contribution in [0.4, 0.5) is 0 Å². The number of hydrogen-bond donors (Lipinski definition) is 1. The Bertz CT molecular complexity index is 662. The Balaban J connectivity index is 1.52. The number of hydrogen-bond acceptors (Lipinski definition) is 5. The molecular formula is C18H25N3O2. The molecule has 0 saturated carbocycles. The minimum Gasteiger partial charge on any atom is -0.477 e. The molecule has 0 radical (unpaired) electrons. The van der Waals surface area contributed by atoms with Crippen LogP contribution in [0, 0.1) is 6.92 Å². The minimum atomic E-state index is -0.482. The molecule has 1 aromatic carbocycles. The second-order valence-electron chi connectivity index (χ2n) is 6.63. The maximum absolute atomic E-state index is 9.97. The molecule has 5 heteroatoms. The second kappa shape index (κ2) is 6.81.